The van der Waals surface area contributed by atoms with E-state index in [-0.39, 0.29) is 36.3 Å². The number of carbonyl (C=O) groups is 3. The van der Waals surface area contributed by atoms with Crippen LogP contribution in [0.2, 0.25) is 0 Å². The highest BCUT2D eigenvalue weighted by atomic mass is 16.5. The molecular formula is C20H21NO8. The number of hydrogen-bond acceptors (Lipinski definition) is 6. The molecule has 29 heavy (non-hydrogen) atoms. The molecule has 5 N–H and O–H groups in total. The summed E-state index contributed by atoms with van der Waals surface area (Å²) in [5, 5.41) is 40.9. The van der Waals surface area contributed by atoms with Gasteiger partial charge in [0.05, 0.1) is 17.2 Å². The van der Waals surface area contributed by atoms with Gasteiger partial charge in [0.15, 0.2) is 0 Å². The molecule has 0 bridgehead atoms. The second kappa shape index (κ2) is 10.2. The number of amides is 1. The molecule has 0 saturated carbocycles. The molecule has 154 valence electrons. The monoisotopic (exact) mass is 403 g/mol. The molecule has 9 heteroatoms. The highest BCUT2D eigenvalue weighted by molar-refractivity contribution is 5.94. The summed E-state index contributed by atoms with van der Waals surface area (Å²) < 4.78 is 5.01. The predicted molar refractivity (Wildman–Crippen MR) is 101 cm³/mol. The molecule has 0 aliphatic carbocycles. The van der Waals surface area contributed by atoms with E-state index in [0.717, 1.165) is 23.8 Å². The lowest BCUT2D eigenvalue weighted by Crippen LogP contribution is -2.30. The first-order valence-corrected chi connectivity index (χ1v) is 8.70. The van der Waals surface area contributed by atoms with Crippen LogP contribution in [0.3, 0.4) is 0 Å². The maximum absolute atomic E-state index is 11.7. The lowest BCUT2D eigenvalue weighted by atomic mass is 9.97. The van der Waals surface area contributed by atoms with Crippen LogP contribution >= 0.6 is 0 Å². The number of ether oxygens (including phenoxy) is 1. The molecule has 0 aromatic heterocycles. The van der Waals surface area contributed by atoms with Crippen molar-refractivity contribution in [3.8, 4) is 0 Å². The maximum atomic E-state index is 11.7. The van der Waals surface area contributed by atoms with E-state index in [4.69, 9.17) is 14.9 Å². The number of carboxylic acid groups (broad SMARTS) is 2. The summed E-state index contributed by atoms with van der Waals surface area (Å²) in [6.07, 6.45) is -3.66. The van der Waals surface area contributed by atoms with Gasteiger partial charge in [-0.2, -0.15) is 0 Å². The Morgan fingerprint density at radius 2 is 1.52 bits per heavy atom. The summed E-state index contributed by atoms with van der Waals surface area (Å²) in [5.74, 6) is -2.72. The number of benzene rings is 2. The average molecular weight is 403 g/mol. The quantitative estimate of drug-likeness (QED) is 0.425. The number of aromatic carboxylic acids is 2. The van der Waals surface area contributed by atoms with E-state index in [0.29, 0.717) is 0 Å². The summed E-state index contributed by atoms with van der Waals surface area (Å²) >= 11 is 0. The standard InChI is InChI=1S/C20H21NO8/c22-16(6-7-21-20(28)29-11-12-4-2-1-3-5-12)17(23)13-8-14(18(24)25)10-15(9-13)19(26)27/h1-5,8-10,16-17,22-23H,6-7,11H2,(H,21,28)(H,24,25)(H,26,27). The van der Waals surface area contributed by atoms with E-state index in [1.165, 1.54) is 0 Å². The number of aliphatic hydroxyl groups excluding tert-OH is 2. The molecule has 2 unspecified atom stereocenters. The highest BCUT2D eigenvalue weighted by Crippen LogP contribution is 2.22. The van der Waals surface area contributed by atoms with Gasteiger partial charge in [-0.3, -0.25) is 0 Å². The minimum Gasteiger partial charge on any atom is -0.478 e. The zero-order valence-electron chi connectivity index (χ0n) is 15.3. The molecule has 0 spiro atoms. The topological polar surface area (TPSA) is 153 Å². The third kappa shape index (κ3) is 6.59. The van der Waals surface area contributed by atoms with Gasteiger partial charge in [-0.05, 0) is 35.7 Å². The van der Waals surface area contributed by atoms with E-state index in [1.807, 2.05) is 18.2 Å². The number of carboxylic acids is 2. The lowest BCUT2D eigenvalue weighted by molar-refractivity contribution is 0.0135. The van der Waals surface area contributed by atoms with Gasteiger partial charge < -0.3 is 30.5 Å². The SMILES string of the molecule is O=C(NCCC(O)C(O)c1cc(C(=O)O)cc(C(=O)O)c1)OCc1ccccc1. The Kier molecular flexibility index (Phi) is 7.70. The van der Waals surface area contributed by atoms with E-state index >= 15 is 0 Å². The predicted octanol–water partition coefficient (Wildman–Crippen LogP) is 1.79. The van der Waals surface area contributed by atoms with Gasteiger partial charge in [0.1, 0.15) is 12.7 Å². The summed E-state index contributed by atoms with van der Waals surface area (Å²) in [6.45, 7) is 0.0635. The zero-order chi connectivity index (χ0) is 21.4. The Hall–Kier alpha value is -3.43. The van der Waals surface area contributed by atoms with Crippen molar-refractivity contribution < 1.29 is 39.5 Å². The smallest absolute Gasteiger partial charge is 0.407 e. The fourth-order valence-electron chi connectivity index (χ4n) is 2.55. The van der Waals surface area contributed by atoms with Crippen LogP contribution in [0.4, 0.5) is 4.79 Å². The molecule has 2 rings (SSSR count). The number of alkyl carbamates (subject to hydrolysis) is 1. The van der Waals surface area contributed by atoms with Crippen molar-refractivity contribution >= 4 is 18.0 Å². The second-order valence-electron chi connectivity index (χ2n) is 6.24. The summed E-state index contributed by atoms with van der Waals surface area (Å²) in [6, 6.07) is 12.2. The molecule has 0 saturated heterocycles. The van der Waals surface area contributed by atoms with Crippen LogP contribution < -0.4 is 5.32 Å². The number of aliphatic hydroxyl groups is 2. The molecule has 0 fully saturated rings. The van der Waals surface area contributed by atoms with Crippen molar-refractivity contribution in [1.82, 2.24) is 5.32 Å². The normalized spacial score (nSPS) is 12.6. The minimum atomic E-state index is -1.53. The van der Waals surface area contributed by atoms with Gasteiger partial charge in [-0.1, -0.05) is 30.3 Å². The molecule has 9 nitrogen and oxygen atoms in total. The second-order valence-corrected chi connectivity index (χ2v) is 6.24. The number of rotatable bonds is 9. The van der Waals surface area contributed by atoms with Crippen molar-refractivity contribution in [2.45, 2.75) is 25.2 Å². The van der Waals surface area contributed by atoms with E-state index in [2.05, 4.69) is 5.32 Å². The Bertz CT molecular complexity index is 836. The van der Waals surface area contributed by atoms with Crippen LogP contribution in [0, 0.1) is 0 Å². The van der Waals surface area contributed by atoms with Crippen LogP contribution in [0.15, 0.2) is 48.5 Å². The Morgan fingerprint density at radius 3 is 2.07 bits per heavy atom. The first kappa shape index (κ1) is 21.9. The number of carbonyl (C=O) groups excluding carboxylic acids is 1. The molecule has 0 aliphatic heterocycles. The Labute approximate surface area is 166 Å². The minimum absolute atomic E-state index is 0.0176. The van der Waals surface area contributed by atoms with Crippen molar-refractivity contribution in [3.63, 3.8) is 0 Å². The molecule has 2 atom stereocenters. The van der Waals surface area contributed by atoms with E-state index in [1.54, 1.807) is 12.1 Å². The van der Waals surface area contributed by atoms with Crippen LogP contribution in [0.25, 0.3) is 0 Å². The third-order valence-corrected chi connectivity index (χ3v) is 4.08. The van der Waals surface area contributed by atoms with Gasteiger partial charge in [0.2, 0.25) is 0 Å². The molecule has 2 aromatic carbocycles. The van der Waals surface area contributed by atoms with Crippen molar-refractivity contribution in [2.75, 3.05) is 6.54 Å². The molecule has 0 heterocycles. The van der Waals surface area contributed by atoms with E-state index < -0.39 is 30.2 Å². The number of nitrogens with one attached hydrogen (secondary N) is 1. The lowest BCUT2D eigenvalue weighted by Gasteiger charge is -2.19. The van der Waals surface area contributed by atoms with E-state index in [9.17, 15) is 24.6 Å². The first-order chi connectivity index (χ1) is 13.8. The number of hydrogen-bond donors (Lipinski definition) is 5. The molecule has 0 radical (unpaired) electrons. The fraction of sp³-hybridized carbons (Fsp3) is 0.250. The van der Waals surface area contributed by atoms with Gasteiger partial charge in [0, 0.05) is 6.54 Å². The fourth-order valence-corrected chi connectivity index (χ4v) is 2.55. The van der Waals surface area contributed by atoms with Gasteiger partial charge in [-0.15, -0.1) is 0 Å². The van der Waals surface area contributed by atoms with Crippen molar-refractivity contribution in [2.24, 2.45) is 0 Å². The maximum Gasteiger partial charge on any atom is 0.407 e. The van der Waals surface area contributed by atoms with Crippen molar-refractivity contribution in [3.05, 3.63) is 70.8 Å². The first-order valence-electron chi connectivity index (χ1n) is 8.70. The molecule has 0 aliphatic rings. The van der Waals surface area contributed by atoms with Crippen LogP contribution in [-0.4, -0.2) is 51.1 Å². The largest absolute Gasteiger partial charge is 0.478 e. The van der Waals surface area contributed by atoms with Crippen LogP contribution in [0.1, 0.15) is 44.4 Å². The Morgan fingerprint density at radius 1 is 0.931 bits per heavy atom. The summed E-state index contributed by atoms with van der Waals surface area (Å²) in [7, 11) is 0. The molecular weight excluding hydrogens is 382 g/mol. The average Bonchev–Trinajstić information content (AvgIpc) is 2.71. The summed E-state index contributed by atoms with van der Waals surface area (Å²) in [4.78, 5) is 33.9. The van der Waals surface area contributed by atoms with Crippen LogP contribution in [-0.2, 0) is 11.3 Å². The Balaban J connectivity index is 1.88. The highest BCUT2D eigenvalue weighted by Gasteiger charge is 2.22. The summed E-state index contributed by atoms with van der Waals surface area (Å²) in [5.41, 5.74) is 0.106. The third-order valence-electron chi connectivity index (χ3n) is 4.08. The molecule has 2 aromatic rings. The van der Waals surface area contributed by atoms with Gasteiger partial charge in [0.25, 0.3) is 0 Å². The molecule has 1 amide bonds. The zero-order valence-corrected chi connectivity index (χ0v) is 15.3. The van der Waals surface area contributed by atoms with Gasteiger partial charge in [-0.25, -0.2) is 14.4 Å². The van der Waals surface area contributed by atoms with Crippen molar-refractivity contribution in [1.29, 1.82) is 0 Å². The van der Waals surface area contributed by atoms with Crippen LogP contribution in [0.5, 0.6) is 0 Å². The van der Waals surface area contributed by atoms with Gasteiger partial charge >= 0.3 is 18.0 Å².